The summed E-state index contributed by atoms with van der Waals surface area (Å²) >= 11 is 0. The van der Waals surface area contributed by atoms with Crippen LogP contribution >= 0.6 is 0 Å². The first-order chi connectivity index (χ1) is 22.5. The Bertz CT molecular complexity index is 1950. The number of piperidine rings is 1. The number of carboxylic acids is 1. The molecule has 47 heavy (non-hydrogen) atoms. The number of aliphatic carboxylic acids is 1. The summed E-state index contributed by atoms with van der Waals surface area (Å²) in [6.45, 7) is 3.43. The van der Waals surface area contributed by atoms with Crippen LogP contribution in [-0.4, -0.2) is 67.7 Å². The Balaban J connectivity index is 1.20. The van der Waals surface area contributed by atoms with Crippen molar-refractivity contribution in [1.29, 1.82) is 0 Å². The maximum Gasteiger partial charge on any atom is 0.429 e. The van der Waals surface area contributed by atoms with Crippen molar-refractivity contribution in [2.75, 3.05) is 30.3 Å². The topological polar surface area (TPSA) is 147 Å². The molecule has 2 atom stereocenters. The summed E-state index contributed by atoms with van der Waals surface area (Å²) in [7, 11) is 0. The number of hydrogen-bond acceptors (Lipinski definition) is 8. The molecule has 0 bridgehead atoms. The van der Waals surface area contributed by atoms with Gasteiger partial charge in [0, 0.05) is 49.2 Å². The second-order valence-electron chi connectivity index (χ2n) is 12.4. The molecule has 5 N–H and O–H groups in total. The lowest BCUT2D eigenvalue weighted by Gasteiger charge is -2.39. The van der Waals surface area contributed by atoms with Crippen LogP contribution in [0.4, 0.5) is 24.9 Å². The molecule has 0 aliphatic carbocycles. The van der Waals surface area contributed by atoms with Gasteiger partial charge in [-0.1, -0.05) is 24.3 Å². The number of ether oxygens (including phenoxy) is 1. The number of nitrogens with zero attached hydrogens (tertiary/aromatic N) is 5. The SMILES string of the molecule is Cc1ccn(-c2cc(-c3ccc4cc[nH]c4c3)ccc2C(Oc2cc(N3CCC4(CC3)CNC(C(=O)O)C4)nc(N)n2)C(F)(F)F)n1. The Labute approximate surface area is 267 Å². The van der Waals surface area contributed by atoms with Gasteiger partial charge in [-0.25, -0.2) is 4.68 Å². The Kier molecular flexibility index (Phi) is 7.54. The van der Waals surface area contributed by atoms with Gasteiger partial charge < -0.3 is 30.8 Å². The molecule has 2 saturated heterocycles. The number of nitrogen functional groups attached to an aromatic ring is 1. The number of aromatic amines is 1. The molecule has 7 rings (SSSR count). The van der Waals surface area contributed by atoms with Crippen molar-refractivity contribution in [1.82, 2.24) is 30.0 Å². The third-order valence-electron chi connectivity index (χ3n) is 9.22. The molecule has 0 amide bonds. The standard InChI is InChI=1S/C33H33F3N8O3/c1-19-7-11-44(42-19)26-15-22(21-3-2-20-6-10-38-24(20)14-21)4-5-23(26)29(33(34,35)36)47-28-16-27(40-31(37)41-28)43-12-8-32(9-13-43)17-25(30(45)46)39-18-32/h2-7,10-11,14-16,25,29,38-39H,8-9,12-13,17-18H2,1H3,(H,45,46)(H2,37,40,41). The van der Waals surface area contributed by atoms with Crippen molar-refractivity contribution < 1.29 is 27.8 Å². The summed E-state index contributed by atoms with van der Waals surface area (Å²) in [6, 6.07) is 15.0. The van der Waals surface area contributed by atoms with E-state index >= 15 is 0 Å². The second-order valence-corrected chi connectivity index (χ2v) is 12.4. The van der Waals surface area contributed by atoms with Gasteiger partial charge in [0.15, 0.2) is 0 Å². The quantitative estimate of drug-likeness (QED) is 0.182. The summed E-state index contributed by atoms with van der Waals surface area (Å²) in [4.78, 5) is 24.9. The zero-order valence-electron chi connectivity index (χ0n) is 25.5. The molecule has 14 heteroatoms. The minimum atomic E-state index is -4.82. The number of nitrogens with two attached hydrogens (primary N) is 1. The average molecular weight is 647 g/mol. The van der Waals surface area contributed by atoms with Crippen molar-refractivity contribution in [3.8, 4) is 22.7 Å². The number of hydrogen-bond donors (Lipinski definition) is 4. The average Bonchev–Trinajstić information content (AvgIpc) is 3.79. The molecule has 244 valence electrons. The van der Waals surface area contributed by atoms with Gasteiger partial charge in [0.05, 0.1) is 11.4 Å². The number of nitrogens with one attached hydrogen (secondary N) is 2. The predicted molar refractivity (Wildman–Crippen MR) is 169 cm³/mol. The van der Waals surface area contributed by atoms with Gasteiger partial charge in [-0.05, 0) is 72.4 Å². The van der Waals surface area contributed by atoms with E-state index in [1.807, 2.05) is 35.4 Å². The summed E-state index contributed by atoms with van der Waals surface area (Å²) < 4.78 is 51.7. The van der Waals surface area contributed by atoms with Crippen molar-refractivity contribution in [2.24, 2.45) is 5.41 Å². The number of aromatic nitrogens is 5. The molecule has 5 heterocycles. The number of halogens is 3. The minimum Gasteiger partial charge on any atom is -0.480 e. The van der Waals surface area contributed by atoms with Crippen LogP contribution in [-0.2, 0) is 4.79 Å². The number of alkyl halides is 3. The number of carbonyl (C=O) groups is 1. The van der Waals surface area contributed by atoms with Crippen molar-refractivity contribution >= 4 is 28.6 Å². The van der Waals surface area contributed by atoms with E-state index in [-0.39, 0.29) is 28.5 Å². The molecule has 11 nitrogen and oxygen atoms in total. The Morgan fingerprint density at radius 3 is 2.55 bits per heavy atom. The molecule has 1 spiro atoms. The van der Waals surface area contributed by atoms with E-state index < -0.39 is 24.3 Å². The van der Waals surface area contributed by atoms with E-state index in [2.05, 4.69) is 25.4 Å². The smallest absolute Gasteiger partial charge is 0.429 e. The molecule has 3 aromatic heterocycles. The highest BCUT2D eigenvalue weighted by molar-refractivity contribution is 5.85. The predicted octanol–water partition coefficient (Wildman–Crippen LogP) is 5.42. The first kappa shape index (κ1) is 30.5. The number of aryl methyl sites for hydroxylation is 1. The fourth-order valence-electron chi connectivity index (χ4n) is 6.68. The van der Waals surface area contributed by atoms with E-state index in [1.54, 1.807) is 31.3 Å². The van der Waals surface area contributed by atoms with Gasteiger partial charge in [0.1, 0.15) is 11.9 Å². The fourth-order valence-corrected chi connectivity index (χ4v) is 6.68. The molecule has 2 aliphatic heterocycles. The third-order valence-corrected chi connectivity index (χ3v) is 9.22. The van der Waals surface area contributed by atoms with Crippen LogP contribution in [0, 0.1) is 12.3 Å². The van der Waals surface area contributed by atoms with E-state index in [0.29, 0.717) is 56.0 Å². The molecule has 2 fully saturated rings. The zero-order valence-corrected chi connectivity index (χ0v) is 25.5. The summed E-state index contributed by atoms with van der Waals surface area (Å²) in [5.41, 5.74) is 8.98. The number of benzene rings is 2. The van der Waals surface area contributed by atoms with Gasteiger partial charge in [-0.15, -0.1) is 0 Å². The zero-order chi connectivity index (χ0) is 32.9. The third kappa shape index (κ3) is 6.08. The monoisotopic (exact) mass is 646 g/mol. The number of anilines is 2. The molecular weight excluding hydrogens is 613 g/mol. The van der Waals surface area contributed by atoms with E-state index in [4.69, 9.17) is 10.5 Å². The molecule has 0 saturated carbocycles. The fraction of sp³-hybridized carbons (Fsp3) is 0.333. The Morgan fingerprint density at radius 2 is 1.85 bits per heavy atom. The Hall–Kier alpha value is -5.11. The Morgan fingerprint density at radius 1 is 1.09 bits per heavy atom. The van der Waals surface area contributed by atoms with Gasteiger partial charge in [0.25, 0.3) is 0 Å². The maximum atomic E-state index is 14.9. The molecule has 5 aromatic rings. The van der Waals surface area contributed by atoms with Gasteiger partial charge in [-0.3, -0.25) is 4.79 Å². The maximum absolute atomic E-state index is 14.9. The van der Waals surface area contributed by atoms with Gasteiger partial charge in [-0.2, -0.15) is 28.2 Å². The lowest BCUT2D eigenvalue weighted by molar-refractivity contribution is -0.198. The highest BCUT2D eigenvalue weighted by atomic mass is 19.4. The van der Waals surface area contributed by atoms with Crippen molar-refractivity contribution in [2.45, 2.75) is 44.5 Å². The minimum absolute atomic E-state index is 0.148. The second kappa shape index (κ2) is 11.6. The van der Waals surface area contributed by atoms with Crippen LogP contribution in [0.1, 0.15) is 36.6 Å². The highest BCUT2D eigenvalue weighted by Crippen LogP contribution is 2.43. The lowest BCUT2D eigenvalue weighted by atomic mass is 9.76. The van der Waals surface area contributed by atoms with Gasteiger partial charge in [0.2, 0.25) is 17.9 Å². The number of fused-ring (bicyclic) bond motifs is 1. The first-order valence-electron chi connectivity index (χ1n) is 15.3. The van der Waals surface area contributed by atoms with Crippen LogP contribution in [0.25, 0.3) is 27.7 Å². The largest absolute Gasteiger partial charge is 0.480 e. The van der Waals surface area contributed by atoms with Crippen LogP contribution < -0.4 is 20.7 Å². The molecule has 2 aromatic carbocycles. The molecular formula is C33H33F3N8O3. The highest BCUT2D eigenvalue weighted by Gasteiger charge is 2.46. The summed E-state index contributed by atoms with van der Waals surface area (Å²) in [5, 5.41) is 17.9. The van der Waals surface area contributed by atoms with E-state index in [1.165, 1.54) is 16.8 Å². The first-order valence-corrected chi connectivity index (χ1v) is 15.3. The number of carboxylic acid groups (broad SMARTS) is 1. The lowest BCUT2D eigenvalue weighted by Crippen LogP contribution is -2.41. The van der Waals surface area contributed by atoms with Crippen LogP contribution in [0.3, 0.4) is 0 Å². The van der Waals surface area contributed by atoms with E-state index in [0.717, 1.165) is 16.5 Å². The molecule has 2 aliphatic rings. The van der Waals surface area contributed by atoms with Crippen LogP contribution in [0.2, 0.25) is 0 Å². The van der Waals surface area contributed by atoms with Crippen molar-refractivity contribution in [3.63, 3.8) is 0 Å². The van der Waals surface area contributed by atoms with Crippen LogP contribution in [0.5, 0.6) is 5.88 Å². The normalized spacial score (nSPS) is 18.6. The van der Waals surface area contributed by atoms with Crippen LogP contribution in [0.15, 0.2) is 67.0 Å². The molecule has 2 unspecified atom stereocenters. The summed E-state index contributed by atoms with van der Waals surface area (Å²) in [6.07, 6.45) is -1.85. The van der Waals surface area contributed by atoms with Gasteiger partial charge >= 0.3 is 12.1 Å². The number of rotatable bonds is 7. The summed E-state index contributed by atoms with van der Waals surface area (Å²) in [5.74, 6) is -1.05. The van der Waals surface area contributed by atoms with Crippen molar-refractivity contribution in [3.05, 3.63) is 78.2 Å². The molecule has 0 radical (unpaired) electrons. The van der Waals surface area contributed by atoms with E-state index in [9.17, 15) is 23.1 Å². The number of H-pyrrole nitrogens is 1.